The molecule has 2 unspecified atom stereocenters. The second-order valence-electron chi connectivity index (χ2n) is 3.42. The molecule has 0 aromatic carbocycles. The van der Waals surface area contributed by atoms with E-state index in [-0.39, 0.29) is 6.04 Å². The zero-order chi connectivity index (χ0) is 10.6. The second kappa shape index (κ2) is 5.26. The third kappa shape index (κ3) is 2.92. The highest BCUT2D eigenvalue weighted by Crippen LogP contribution is 2.11. The van der Waals surface area contributed by atoms with Crippen LogP contribution in [0.1, 0.15) is 18.7 Å². The van der Waals surface area contributed by atoms with E-state index < -0.39 is 10.8 Å². The van der Waals surface area contributed by atoms with Crippen molar-refractivity contribution in [3.05, 3.63) is 18.2 Å². The maximum atomic E-state index is 11.1. The van der Waals surface area contributed by atoms with Crippen molar-refractivity contribution in [3.8, 4) is 0 Å². The van der Waals surface area contributed by atoms with Crippen LogP contribution in [0.25, 0.3) is 0 Å². The minimum absolute atomic E-state index is 0.227. The first-order valence-corrected chi connectivity index (χ1v) is 6.38. The summed E-state index contributed by atoms with van der Waals surface area (Å²) in [7, 11) is -0.772. The lowest BCUT2D eigenvalue weighted by atomic mass is 10.3. The lowest BCUT2D eigenvalue weighted by Gasteiger charge is -2.14. The molecule has 1 rings (SSSR count). The first kappa shape index (κ1) is 11.4. The summed E-state index contributed by atoms with van der Waals surface area (Å²) in [5.74, 6) is 0.661. The van der Waals surface area contributed by atoms with Crippen LogP contribution < -0.4 is 5.73 Å². The van der Waals surface area contributed by atoms with E-state index in [2.05, 4.69) is 4.98 Å². The van der Waals surface area contributed by atoms with Gasteiger partial charge in [0.2, 0.25) is 0 Å². The Kier molecular flexibility index (Phi) is 4.28. The van der Waals surface area contributed by atoms with Crippen LogP contribution in [0, 0.1) is 0 Å². The third-order valence-electron chi connectivity index (χ3n) is 2.10. The molecular weight excluding hydrogens is 198 g/mol. The zero-order valence-electron chi connectivity index (χ0n) is 8.64. The molecule has 2 atom stereocenters. The first-order chi connectivity index (χ1) is 6.65. The number of nitrogens with zero attached hydrogens (tertiary/aromatic N) is 2. The Labute approximate surface area is 87.0 Å². The molecule has 0 aliphatic heterocycles. The van der Waals surface area contributed by atoms with Gasteiger partial charge in [0.05, 0.1) is 6.33 Å². The van der Waals surface area contributed by atoms with Gasteiger partial charge in [-0.05, 0) is 13.5 Å². The average molecular weight is 215 g/mol. The molecule has 0 aliphatic rings. The van der Waals surface area contributed by atoms with Gasteiger partial charge in [-0.2, -0.15) is 0 Å². The van der Waals surface area contributed by atoms with Gasteiger partial charge in [-0.25, -0.2) is 4.98 Å². The Morgan fingerprint density at radius 2 is 2.43 bits per heavy atom. The molecule has 1 heterocycles. The fraction of sp³-hybridized carbons (Fsp3) is 0.667. The zero-order valence-corrected chi connectivity index (χ0v) is 9.46. The summed E-state index contributed by atoms with van der Waals surface area (Å²) < 4.78 is 13.1. The molecule has 14 heavy (non-hydrogen) atoms. The highest BCUT2D eigenvalue weighted by molar-refractivity contribution is 7.84. The van der Waals surface area contributed by atoms with E-state index in [1.807, 2.05) is 17.7 Å². The van der Waals surface area contributed by atoms with E-state index in [0.29, 0.717) is 12.3 Å². The van der Waals surface area contributed by atoms with Crippen LogP contribution in [-0.4, -0.2) is 32.3 Å². The second-order valence-corrected chi connectivity index (χ2v) is 4.90. The molecule has 0 aliphatic carbocycles. The molecule has 5 heteroatoms. The molecular formula is C9H17N3OS. The van der Waals surface area contributed by atoms with E-state index in [1.54, 1.807) is 12.6 Å². The largest absolute Gasteiger partial charge is 0.331 e. The topological polar surface area (TPSA) is 60.9 Å². The molecule has 0 saturated carbocycles. The van der Waals surface area contributed by atoms with Gasteiger partial charge < -0.3 is 10.3 Å². The maximum absolute atomic E-state index is 11.1. The number of imidazole rings is 1. The molecule has 0 fully saturated rings. The van der Waals surface area contributed by atoms with Crippen molar-refractivity contribution in [2.45, 2.75) is 19.4 Å². The summed E-state index contributed by atoms with van der Waals surface area (Å²) in [6.07, 6.45) is 6.14. The van der Waals surface area contributed by atoms with Crippen molar-refractivity contribution in [2.75, 3.05) is 18.6 Å². The number of aromatic nitrogens is 2. The number of nitrogens with two attached hydrogens (primary N) is 1. The van der Waals surface area contributed by atoms with Gasteiger partial charge in [0.25, 0.3) is 0 Å². The Morgan fingerprint density at radius 3 is 3.00 bits per heavy atom. The predicted octanol–water partition coefficient (Wildman–Crippen LogP) is 0.324. The van der Waals surface area contributed by atoms with Crippen molar-refractivity contribution in [1.29, 1.82) is 0 Å². The van der Waals surface area contributed by atoms with E-state index in [9.17, 15) is 4.21 Å². The van der Waals surface area contributed by atoms with Gasteiger partial charge in [-0.1, -0.05) is 0 Å². The summed E-state index contributed by atoms with van der Waals surface area (Å²) in [5.41, 5.74) is 6.61. The highest BCUT2D eigenvalue weighted by Gasteiger charge is 2.10. The van der Waals surface area contributed by atoms with Crippen LogP contribution >= 0.6 is 0 Å². The lowest BCUT2D eigenvalue weighted by Crippen LogP contribution is -2.16. The van der Waals surface area contributed by atoms with Crippen LogP contribution in [0.3, 0.4) is 0 Å². The highest BCUT2D eigenvalue weighted by atomic mass is 32.2. The van der Waals surface area contributed by atoms with Crippen LogP contribution in [-0.2, 0) is 17.2 Å². The average Bonchev–Trinajstić information content (AvgIpc) is 2.51. The van der Waals surface area contributed by atoms with Gasteiger partial charge in [0.1, 0.15) is 0 Å². The smallest absolute Gasteiger partial charge is 0.0950 e. The van der Waals surface area contributed by atoms with Crippen LogP contribution in [0.2, 0.25) is 0 Å². The molecule has 0 spiro atoms. The predicted molar refractivity (Wildman–Crippen MR) is 58.6 cm³/mol. The minimum atomic E-state index is -0.772. The Hall–Kier alpha value is -0.680. The van der Waals surface area contributed by atoms with Crippen molar-refractivity contribution >= 4 is 10.8 Å². The molecule has 1 aromatic rings. The van der Waals surface area contributed by atoms with E-state index in [1.165, 1.54) is 0 Å². The standard InChI is InChI=1S/C9H17N3OS/c1-8(6-14(2)13)12-7-11-5-9(12)3-4-10/h5,7-8H,3-4,6,10H2,1-2H3. The van der Waals surface area contributed by atoms with Crippen LogP contribution in [0.4, 0.5) is 0 Å². The van der Waals surface area contributed by atoms with Crippen molar-refractivity contribution in [2.24, 2.45) is 5.73 Å². The summed E-state index contributed by atoms with van der Waals surface area (Å²) in [4.78, 5) is 4.08. The number of hydrogen-bond donors (Lipinski definition) is 1. The Morgan fingerprint density at radius 1 is 1.71 bits per heavy atom. The van der Waals surface area contributed by atoms with E-state index in [4.69, 9.17) is 5.73 Å². The van der Waals surface area contributed by atoms with Gasteiger partial charge in [0.15, 0.2) is 0 Å². The molecule has 2 N–H and O–H groups in total. The Bertz CT molecular complexity index is 311. The quantitative estimate of drug-likeness (QED) is 0.769. The van der Waals surface area contributed by atoms with Crippen molar-refractivity contribution < 1.29 is 4.21 Å². The number of rotatable bonds is 5. The monoisotopic (exact) mass is 215 g/mol. The SMILES string of the molecule is CC(CS(C)=O)n1cncc1CCN. The fourth-order valence-electron chi connectivity index (χ4n) is 1.49. The molecule has 0 radical (unpaired) electrons. The van der Waals surface area contributed by atoms with Crippen LogP contribution in [0.15, 0.2) is 12.5 Å². The molecule has 1 aromatic heterocycles. The lowest BCUT2D eigenvalue weighted by molar-refractivity contribution is 0.573. The summed E-state index contributed by atoms with van der Waals surface area (Å²) in [6.45, 7) is 2.66. The summed E-state index contributed by atoms with van der Waals surface area (Å²) in [5, 5.41) is 0. The minimum Gasteiger partial charge on any atom is -0.331 e. The fourth-order valence-corrected chi connectivity index (χ4v) is 2.33. The van der Waals surface area contributed by atoms with E-state index >= 15 is 0 Å². The van der Waals surface area contributed by atoms with Gasteiger partial charge >= 0.3 is 0 Å². The van der Waals surface area contributed by atoms with Gasteiger partial charge in [-0.15, -0.1) is 0 Å². The molecule has 4 nitrogen and oxygen atoms in total. The van der Waals surface area contributed by atoms with Crippen molar-refractivity contribution in [3.63, 3.8) is 0 Å². The third-order valence-corrected chi connectivity index (χ3v) is 3.05. The summed E-state index contributed by atoms with van der Waals surface area (Å²) >= 11 is 0. The van der Waals surface area contributed by atoms with E-state index in [0.717, 1.165) is 12.1 Å². The van der Waals surface area contributed by atoms with Crippen LogP contribution in [0.5, 0.6) is 0 Å². The molecule has 0 bridgehead atoms. The maximum Gasteiger partial charge on any atom is 0.0950 e. The van der Waals surface area contributed by atoms with Crippen molar-refractivity contribution in [1.82, 2.24) is 9.55 Å². The normalized spacial score (nSPS) is 15.4. The molecule has 0 saturated heterocycles. The summed E-state index contributed by atoms with van der Waals surface area (Å²) in [6, 6.07) is 0.227. The molecule has 80 valence electrons. The number of hydrogen-bond acceptors (Lipinski definition) is 3. The molecule has 0 amide bonds. The Balaban J connectivity index is 2.72. The first-order valence-electron chi connectivity index (χ1n) is 4.66. The van der Waals surface area contributed by atoms with Gasteiger partial charge in [0, 0.05) is 47.2 Å². The van der Waals surface area contributed by atoms with Gasteiger partial charge in [-0.3, -0.25) is 4.21 Å².